The first-order valence-electron chi connectivity index (χ1n) is 7.71. The van der Waals surface area contributed by atoms with Gasteiger partial charge in [0, 0.05) is 12.0 Å². The van der Waals surface area contributed by atoms with E-state index in [4.69, 9.17) is 4.74 Å². The number of phenols is 1. The van der Waals surface area contributed by atoms with Crippen LogP contribution in [0.2, 0.25) is 0 Å². The average molecular weight is 323 g/mol. The van der Waals surface area contributed by atoms with E-state index in [1.54, 1.807) is 13.0 Å². The largest absolute Gasteiger partial charge is 0.506 e. The number of carbonyl (C=O) groups excluding carboxylic acids is 1. The number of aromatic nitrogens is 3. The topological polar surface area (TPSA) is 60.3 Å². The van der Waals surface area contributed by atoms with Crippen molar-refractivity contribution in [3.8, 4) is 11.4 Å². The van der Waals surface area contributed by atoms with Crippen LogP contribution >= 0.6 is 0 Å². The lowest BCUT2D eigenvalue weighted by Crippen LogP contribution is -2.08. The van der Waals surface area contributed by atoms with E-state index in [1.807, 2.05) is 50.5 Å². The van der Waals surface area contributed by atoms with Crippen LogP contribution in [0.25, 0.3) is 16.7 Å². The van der Waals surface area contributed by atoms with Gasteiger partial charge in [-0.2, -0.15) is 0 Å². The molecule has 122 valence electrons. The molecular formula is C18H17N3O3. The van der Waals surface area contributed by atoms with Crippen molar-refractivity contribution < 1.29 is 14.6 Å². The zero-order chi connectivity index (χ0) is 16.8. The van der Waals surface area contributed by atoms with Gasteiger partial charge in [-0.3, -0.25) is 0 Å². The van der Waals surface area contributed by atoms with Crippen LogP contribution in [0.4, 0.5) is 0 Å². The van der Waals surface area contributed by atoms with Crippen molar-refractivity contribution in [1.82, 2.24) is 14.1 Å². The molecule has 4 rings (SSSR count). The Morgan fingerprint density at radius 3 is 2.46 bits per heavy atom. The number of hydrogen-bond acceptors (Lipinski definition) is 3. The van der Waals surface area contributed by atoms with E-state index in [1.165, 1.54) is 0 Å². The number of benzene rings is 2. The van der Waals surface area contributed by atoms with Crippen molar-refractivity contribution in [2.24, 2.45) is 0 Å². The van der Waals surface area contributed by atoms with Crippen LogP contribution in [0.3, 0.4) is 0 Å². The highest BCUT2D eigenvalue weighted by molar-refractivity contribution is 5.86. The number of para-hydroxylation sites is 2. The predicted molar refractivity (Wildman–Crippen MR) is 90.0 cm³/mol. The summed E-state index contributed by atoms with van der Waals surface area (Å²) in [5.41, 5.74) is 4.29. The molecule has 0 bridgehead atoms. The van der Waals surface area contributed by atoms with Gasteiger partial charge < -0.3 is 9.84 Å². The zero-order valence-corrected chi connectivity index (χ0v) is 13.3. The van der Waals surface area contributed by atoms with Gasteiger partial charge in [-0.05, 0) is 36.8 Å². The van der Waals surface area contributed by atoms with E-state index in [2.05, 4.69) is 6.58 Å². The molecule has 0 amide bonds. The van der Waals surface area contributed by atoms with Gasteiger partial charge in [0.25, 0.3) is 0 Å². The van der Waals surface area contributed by atoms with Crippen molar-refractivity contribution >= 4 is 17.0 Å². The number of aromatic hydroxyl groups is 1. The molecule has 0 aliphatic heterocycles. The lowest BCUT2D eigenvalue weighted by molar-refractivity contribution is -0.138. The molecule has 0 fully saturated rings. The third kappa shape index (κ3) is 2.15. The normalized spacial score (nSPS) is 11.5. The minimum atomic E-state index is -0.384. The number of nitrogens with zero attached hydrogens (tertiary/aromatic N) is 3. The summed E-state index contributed by atoms with van der Waals surface area (Å²) in [6.07, 6.45) is 0.576. The molecule has 6 heteroatoms. The highest BCUT2D eigenvalue weighted by atomic mass is 16.5. The summed E-state index contributed by atoms with van der Waals surface area (Å²) in [5.74, 6) is -0.177. The van der Waals surface area contributed by atoms with E-state index in [0.29, 0.717) is 17.7 Å². The van der Waals surface area contributed by atoms with Gasteiger partial charge in [-0.25, -0.2) is 4.79 Å². The molecule has 0 aliphatic carbocycles. The average Bonchev–Trinajstić information content (AvgIpc) is 3.22. The van der Waals surface area contributed by atoms with Crippen LogP contribution in [0.1, 0.15) is 12.5 Å². The third-order valence-corrected chi connectivity index (χ3v) is 4.05. The van der Waals surface area contributed by atoms with Gasteiger partial charge in [-0.15, -0.1) is 14.1 Å². The minimum Gasteiger partial charge on any atom is -0.506 e. The molecule has 24 heavy (non-hydrogen) atoms. The number of rotatable bonds is 5. The fourth-order valence-electron chi connectivity index (χ4n) is 2.77. The minimum absolute atomic E-state index is 0.206. The van der Waals surface area contributed by atoms with Crippen molar-refractivity contribution in [2.75, 3.05) is 6.61 Å². The molecular weight excluding hydrogens is 306 g/mol. The summed E-state index contributed by atoms with van der Waals surface area (Å²) in [6.45, 7) is 5.46. The first kappa shape index (κ1) is 14.4. The van der Waals surface area contributed by atoms with E-state index >= 15 is 0 Å². The fraction of sp³-hybridized carbons (Fsp3) is 0.167. The van der Waals surface area contributed by atoms with Gasteiger partial charge in [0.2, 0.25) is 0 Å². The van der Waals surface area contributed by atoms with Crippen LogP contribution in [-0.2, 0) is 16.0 Å². The number of phenolic OH excluding ortho intramolecular Hbond substituents is 1. The van der Waals surface area contributed by atoms with E-state index in [9.17, 15) is 9.90 Å². The van der Waals surface area contributed by atoms with Gasteiger partial charge in [0.1, 0.15) is 22.5 Å². The van der Waals surface area contributed by atoms with E-state index < -0.39 is 0 Å². The number of esters is 1. The second-order valence-corrected chi connectivity index (χ2v) is 5.85. The Labute approximate surface area is 138 Å². The zero-order valence-electron chi connectivity index (χ0n) is 13.3. The predicted octanol–water partition coefficient (Wildman–Crippen LogP) is 2.79. The van der Waals surface area contributed by atoms with Gasteiger partial charge >= 0.3 is 5.97 Å². The maximum absolute atomic E-state index is 11.4. The molecule has 0 saturated heterocycles. The third-order valence-electron chi connectivity index (χ3n) is 4.05. The van der Waals surface area contributed by atoms with Crippen molar-refractivity contribution in [3.63, 3.8) is 0 Å². The first-order valence-corrected chi connectivity index (χ1v) is 7.71. The van der Waals surface area contributed by atoms with Gasteiger partial charge in [0.15, 0.2) is 0 Å². The summed E-state index contributed by atoms with van der Waals surface area (Å²) in [5, 5.41) is 10.2. The summed E-state index contributed by atoms with van der Waals surface area (Å²) >= 11 is 0. The summed E-state index contributed by atoms with van der Waals surface area (Å²) in [7, 11) is 0. The summed E-state index contributed by atoms with van der Waals surface area (Å²) < 4.78 is 9.09. The molecule has 0 saturated carbocycles. The summed E-state index contributed by atoms with van der Waals surface area (Å²) in [6, 6.07) is 13.4. The van der Waals surface area contributed by atoms with E-state index in [0.717, 1.165) is 16.6 Å². The second-order valence-electron chi connectivity index (χ2n) is 5.85. The Hall–Kier alpha value is -3.15. The Morgan fingerprint density at radius 2 is 1.83 bits per heavy atom. The monoisotopic (exact) mass is 323 g/mol. The SMILES string of the molecule is C=C(C)C(=O)OCCc1ccc(O)c(-n2n3c4ccccc4n23)c1. The number of fused-ring (bicyclic) bond motifs is 4. The molecule has 6 nitrogen and oxygen atoms in total. The Bertz CT molecular complexity index is 1010. The number of carbonyl (C=O) groups is 1. The van der Waals surface area contributed by atoms with E-state index in [-0.39, 0.29) is 18.3 Å². The number of ether oxygens (including phenoxy) is 1. The number of hydrogen-bond donors (Lipinski definition) is 1. The Balaban J connectivity index is 1.57. The second kappa shape index (κ2) is 5.19. The van der Waals surface area contributed by atoms with Crippen LogP contribution in [0.15, 0.2) is 54.6 Å². The van der Waals surface area contributed by atoms with Crippen LogP contribution in [0.5, 0.6) is 5.75 Å². The smallest absolute Gasteiger partial charge is 0.333 e. The molecule has 2 heterocycles. The molecule has 0 spiro atoms. The molecule has 0 aliphatic rings. The van der Waals surface area contributed by atoms with Crippen LogP contribution < -0.4 is 0 Å². The molecule has 0 unspecified atom stereocenters. The molecule has 2 aromatic carbocycles. The van der Waals surface area contributed by atoms with Crippen LogP contribution in [-0.4, -0.2) is 31.7 Å². The quantitative estimate of drug-likeness (QED) is 0.454. The van der Waals surface area contributed by atoms with Crippen molar-refractivity contribution in [3.05, 3.63) is 60.2 Å². The van der Waals surface area contributed by atoms with Crippen LogP contribution in [0, 0.1) is 0 Å². The van der Waals surface area contributed by atoms with Gasteiger partial charge in [0.05, 0.1) is 6.61 Å². The lowest BCUT2D eigenvalue weighted by Gasteiger charge is -2.06. The Morgan fingerprint density at radius 1 is 1.17 bits per heavy atom. The molecule has 0 radical (unpaired) electrons. The highest BCUT2D eigenvalue weighted by Crippen LogP contribution is 2.30. The fourth-order valence-corrected chi connectivity index (χ4v) is 2.77. The molecule has 2 aromatic heterocycles. The molecule has 0 atom stereocenters. The molecule has 1 N–H and O–H groups in total. The van der Waals surface area contributed by atoms with Crippen molar-refractivity contribution in [2.45, 2.75) is 13.3 Å². The Kier molecular flexibility index (Phi) is 3.13. The van der Waals surface area contributed by atoms with Gasteiger partial charge in [-0.1, -0.05) is 24.8 Å². The maximum atomic E-state index is 11.4. The highest BCUT2D eigenvalue weighted by Gasteiger charge is 2.25. The first-order chi connectivity index (χ1) is 11.6. The standard InChI is InChI=1S/C18H17N3O3/c1-12(2)18(23)24-10-9-13-7-8-17(22)16(11-13)21-19-14-5-3-4-6-15(14)20(19)21/h3-8,11,22H,1,9-10H2,2H3. The summed E-state index contributed by atoms with van der Waals surface area (Å²) in [4.78, 5) is 13.3. The maximum Gasteiger partial charge on any atom is 0.333 e. The molecule has 4 aromatic rings. The van der Waals surface area contributed by atoms with Crippen molar-refractivity contribution in [1.29, 1.82) is 0 Å². The lowest BCUT2D eigenvalue weighted by atomic mass is 10.1.